The van der Waals surface area contributed by atoms with Gasteiger partial charge in [0.05, 0.1) is 10.5 Å². The van der Waals surface area contributed by atoms with Gasteiger partial charge in [-0.3, -0.25) is 9.59 Å². The molecule has 0 aliphatic carbocycles. The van der Waals surface area contributed by atoms with Gasteiger partial charge < -0.3 is 14.9 Å². The Kier molecular flexibility index (Phi) is 7.66. The molecule has 8 heteroatoms. The maximum Gasteiger partial charge on any atom is 0.326 e. The van der Waals surface area contributed by atoms with Gasteiger partial charge in [0.15, 0.2) is 0 Å². The van der Waals surface area contributed by atoms with Crippen molar-refractivity contribution in [1.82, 2.24) is 4.90 Å². The van der Waals surface area contributed by atoms with Crippen molar-refractivity contribution >= 4 is 57.6 Å². The summed E-state index contributed by atoms with van der Waals surface area (Å²) in [5.74, 6) is -1.42. The van der Waals surface area contributed by atoms with Crippen molar-refractivity contribution in [2.24, 2.45) is 5.41 Å². The molecule has 204 valence electrons. The number of carbonyl (C=O) groups is 3. The molecule has 0 aromatic heterocycles. The lowest BCUT2D eigenvalue weighted by Crippen LogP contribution is -2.45. The zero-order valence-corrected chi connectivity index (χ0v) is 24.0. The van der Waals surface area contributed by atoms with Gasteiger partial charge in [0, 0.05) is 30.2 Å². The summed E-state index contributed by atoms with van der Waals surface area (Å²) in [6, 6.07) is 19.1. The number of aliphatic carboxylic acids is 1. The van der Waals surface area contributed by atoms with Crippen LogP contribution in [0.15, 0.2) is 60.7 Å². The molecule has 3 aromatic rings. The molecule has 2 aliphatic heterocycles. The number of anilines is 1. The fourth-order valence-electron chi connectivity index (χ4n) is 5.66. The van der Waals surface area contributed by atoms with Gasteiger partial charge in [-0.15, -0.1) is 11.8 Å². The van der Waals surface area contributed by atoms with Crippen LogP contribution >= 0.6 is 23.4 Å². The molecule has 2 aliphatic rings. The van der Waals surface area contributed by atoms with Crippen LogP contribution in [0.25, 0.3) is 10.8 Å². The van der Waals surface area contributed by atoms with Gasteiger partial charge in [0.25, 0.3) is 0 Å². The van der Waals surface area contributed by atoms with Crippen molar-refractivity contribution in [2.75, 3.05) is 18.0 Å². The second-order valence-corrected chi connectivity index (χ2v) is 13.3. The number of nitrogens with zero attached hydrogens (tertiary/aromatic N) is 2. The highest BCUT2D eigenvalue weighted by Gasteiger charge is 2.41. The number of carboxylic acids is 1. The average Bonchev–Trinajstić information content (AvgIpc) is 3.36. The Bertz CT molecular complexity index is 1430. The van der Waals surface area contributed by atoms with E-state index in [0.717, 1.165) is 27.6 Å². The van der Waals surface area contributed by atoms with E-state index in [9.17, 15) is 19.5 Å². The normalized spacial score (nSPS) is 21.6. The molecule has 39 heavy (non-hydrogen) atoms. The van der Waals surface area contributed by atoms with Crippen LogP contribution < -0.4 is 4.90 Å². The Morgan fingerprint density at radius 2 is 1.79 bits per heavy atom. The van der Waals surface area contributed by atoms with Crippen LogP contribution in [0, 0.1) is 5.41 Å². The number of carbonyl (C=O) groups excluding carboxylic acids is 2. The predicted molar refractivity (Wildman–Crippen MR) is 157 cm³/mol. The second kappa shape index (κ2) is 10.9. The SMILES string of the molecule is CC(C)(C)CN1C(=O)[C@H](CC(=O)N2CCC[C@H]2C(=O)O)S[C@@H](c2cccc3ccccc23)c2cc(Cl)ccc21. The smallest absolute Gasteiger partial charge is 0.326 e. The first-order chi connectivity index (χ1) is 18.5. The van der Waals surface area contributed by atoms with Gasteiger partial charge >= 0.3 is 5.97 Å². The summed E-state index contributed by atoms with van der Waals surface area (Å²) in [5.41, 5.74) is 2.58. The fraction of sp³-hybridized carbons (Fsp3) is 0.387. The summed E-state index contributed by atoms with van der Waals surface area (Å²) < 4.78 is 0. The van der Waals surface area contributed by atoms with E-state index in [1.807, 2.05) is 30.3 Å². The molecule has 3 aromatic carbocycles. The maximum atomic E-state index is 14.3. The van der Waals surface area contributed by atoms with E-state index in [2.05, 4.69) is 45.0 Å². The molecule has 0 saturated carbocycles. The second-order valence-electron chi connectivity index (χ2n) is 11.5. The van der Waals surface area contributed by atoms with Crippen LogP contribution in [0.5, 0.6) is 0 Å². The van der Waals surface area contributed by atoms with Crippen LogP contribution in [0.4, 0.5) is 5.69 Å². The number of hydrogen-bond donors (Lipinski definition) is 1. The Hall–Kier alpha value is -3.03. The van der Waals surface area contributed by atoms with Crippen LogP contribution in [-0.4, -0.2) is 52.2 Å². The first kappa shape index (κ1) is 27.5. The van der Waals surface area contributed by atoms with Gasteiger partial charge in [-0.1, -0.05) is 74.8 Å². The zero-order chi connectivity index (χ0) is 27.9. The van der Waals surface area contributed by atoms with Crippen LogP contribution in [0.3, 0.4) is 0 Å². The van der Waals surface area contributed by atoms with Crippen molar-refractivity contribution in [1.29, 1.82) is 0 Å². The third-order valence-electron chi connectivity index (χ3n) is 7.36. The number of thioether (sulfide) groups is 1. The standard InChI is InChI=1S/C31H33ClN2O4S/c1-31(2,3)18-34-24-14-13-20(32)16-23(24)28(22-11-6-9-19-8-4-5-10-21(19)22)39-26(29(34)36)17-27(35)33-15-7-12-25(33)30(37)38/h4-6,8-11,13-14,16,25-26,28H,7,12,15,17-18H2,1-3H3,(H,37,38)/t25-,26-,28-/m0/s1. The number of carboxylic acid groups (broad SMARTS) is 1. The molecule has 1 N–H and O–H groups in total. The molecule has 0 radical (unpaired) electrons. The molecule has 5 rings (SSSR count). The summed E-state index contributed by atoms with van der Waals surface area (Å²) in [6.07, 6.45) is 1.02. The molecule has 1 saturated heterocycles. The van der Waals surface area contributed by atoms with E-state index >= 15 is 0 Å². The Morgan fingerprint density at radius 3 is 2.54 bits per heavy atom. The third kappa shape index (κ3) is 5.66. The maximum absolute atomic E-state index is 14.3. The Labute approximate surface area is 238 Å². The molecule has 0 spiro atoms. The van der Waals surface area contributed by atoms with Crippen LogP contribution in [0.2, 0.25) is 5.02 Å². The number of rotatable bonds is 5. The summed E-state index contributed by atoms with van der Waals surface area (Å²) in [4.78, 5) is 42.8. The van der Waals surface area contributed by atoms with E-state index in [0.29, 0.717) is 31.0 Å². The van der Waals surface area contributed by atoms with Crippen molar-refractivity contribution in [3.05, 3.63) is 76.8 Å². The topological polar surface area (TPSA) is 77.9 Å². The molecule has 6 nitrogen and oxygen atoms in total. The predicted octanol–water partition coefficient (Wildman–Crippen LogP) is 6.54. The average molecular weight is 565 g/mol. The molecule has 1 fully saturated rings. The highest BCUT2D eigenvalue weighted by atomic mass is 35.5. The number of hydrogen-bond acceptors (Lipinski definition) is 4. The largest absolute Gasteiger partial charge is 0.480 e. The summed E-state index contributed by atoms with van der Waals surface area (Å²) in [5, 5.41) is 11.5. The number of benzene rings is 3. The minimum absolute atomic E-state index is 0.0586. The lowest BCUT2D eigenvalue weighted by molar-refractivity contribution is -0.148. The number of halogens is 1. The van der Waals surface area contributed by atoms with Crippen molar-refractivity contribution in [3.63, 3.8) is 0 Å². The lowest BCUT2D eigenvalue weighted by atomic mass is 9.93. The Morgan fingerprint density at radius 1 is 1.05 bits per heavy atom. The van der Waals surface area contributed by atoms with Gasteiger partial charge in [-0.05, 0) is 58.4 Å². The molecule has 2 heterocycles. The quantitative estimate of drug-likeness (QED) is 0.380. The van der Waals surface area contributed by atoms with E-state index in [1.54, 1.807) is 11.0 Å². The van der Waals surface area contributed by atoms with Gasteiger partial charge in [-0.2, -0.15) is 0 Å². The summed E-state index contributed by atoms with van der Waals surface area (Å²) in [7, 11) is 0. The fourth-order valence-corrected chi connectivity index (χ4v) is 7.34. The molecule has 2 amide bonds. The van der Waals surface area contributed by atoms with Crippen LogP contribution in [0.1, 0.15) is 56.4 Å². The van der Waals surface area contributed by atoms with E-state index in [1.165, 1.54) is 16.7 Å². The molecule has 0 unspecified atom stereocenters. The third-order valence-corrected chi connectivity index (χ3v) is 9.07. The van der Waals surface area contributed by atoms with Gasteiger partial charge in [0.2, 0.25) is 11.8 Å². The van der Waals surface area contributed by atoms with Gasteiger partial charge in [-0.25, -0.2) is 4.79 Å². The highest BCUT2D eigenvalue weighted by Crippen LogP contribution is 2.49. The first-order valence-electron chi connectivity index (χ1n) is 13.3. The van der Waals surface area contributed by atoms with Crippen molar-refractivity contribution in [2.45, 2.75) is 56.6 Å². The van der Waals surface area contributed by atoms with Crippen molar-refractivity contribution < 1.29 is 19.5 Å². The lowest BCUT2D eigenvalue weighted by Gasteiger charge is -2.32. The van der Waals surface area contributed by atoms with Crippen molar-refractivity contribution in [3.8, 4) is 0 Å². The first-order valence-corrected chi connectivity index (χ1v) is 14.6. The van der Waals surface area contributed by atoms with Crippen LogP contribution in [-0.2, 0) is 14.4 Å². The summed E-state index contributed by atoms with van der Waals surface area (Å²) in [6.45, 7) is 7.11. The molecular weight excluding hydrogens is 532 g/mol. The van der Waals surface area contributed by atoms with E-state index < -0.39 is 17.3 Å². The molecule has 3 atom stereocenters. The number of amides is 2. The minimum atomic E-state index is -0.995. The highest BCUT2D eigenvalue weighted by molar-refractivity contribution is 8.01. The van der Waals surface area contributed by atoms with E-state index in [-0.39, 0.29) is 28.9 Å². The molecular formula is C31H33ClN2O4S. The monoisotopic (exact) mass is 564 g/mol. The number of fused-ring (bicyclic) bond motifs is 2. The minimum Gasteiger partial charge on any atom is -0.480 e. The van der Waals surface area contributed by atoms with Gasteiger partial charge in [0.1, 0.15) is 6.04 Å². The Balaban J connectivity index is 1.63. The zero-order valence-electron chi connectivity index (χ0n) is 22.4. The molecule has 0 bridgehead atoms. The summed E-state index contributed by atoms with van der Waals surface area (Å²) >= 11 is 8.00. The number of likely N-dealkylation sites (tertiary alicyclic amines) is 1. The van der Waals surface area contributed by atoms with E-state index in [4.69, 9.17) is 11.6 Å².